The van der Waals surface area contributed by atoms with Gasteiger partial charge in [0.15, 0.2) is 0 Å². The second-order valence-electron chi connectivity index (χ2n) is 4.84. The van der Waals surface area contributed by atoms with Crippen LogP contribution in [0.1, 0.15) is 26.2 Å². The molecule has 1 fully saturated rings. The Balaban J connectivity index is 1.96. The molecule has 0 radical (unpaired) electrons. The number of rotatable bonds is 5. The lowest BCUT2D eigenvalue weighted by molar-refractivity contribution is 0.520. The Morgan fingerprint density at radius 1 is 1.44 bits per heavy atom. The summed E-state index contributed by atoms with van der Waals surface area (Å²) in [5, 5.41) is 3.42. The minimum atomic E-state index is 0.545. The molecule has 0 amide bonds. The summed E-state index contributed by atoms with van der Waals surface area (Å²) in [4.78, 5) is 10.5. The van der Waals surface area contributed by atoms with E-state index in [9.17, 15) is 0 Å². The molecular formula is C12H20N4. The summed E-state index contributed by atoms with van der Waals surface area (Å²) >= 11 is 0. The number of nitrogens with one attached hydrogen (secondary N) is 1. The van der Waals surface area contributed by atoms with Crippen LogP contribution in [0.4, 0.5) is 11.8 Å². The summed E-state index contributed by atoms with van der Waals surface area (Å²) in [6.07, 6.45) is 5.76. The fourth-order valence-corrected chi connectivity index (χ4v) is 1.77. The Labute approximate surface area is 97.1 Å². The van der Waals surface area contributed by atoms with Gasteiger partial charge >= 0.3 is 0 Å². The van der Waals surface area contributed by atoms with Crippen molar-refractivity contribution in [3.63, 3.8) is 0 Å². The molecule has 1 aromatic heterocycles. The zero-order chi connectivity index (χ0) is 11.6. The lowest BCUT2D eigenvalue weighted by atomic mass is 10.0. The summed E-state index contributed by atoms with van der Waals surface area (Å²) in [5.74, 6) is 1.68. The van der Waals surface area contributed by atoms with Crippen molar-refractivity contribution in [2.75, 3.05) is 30.9 Å². The second-order valence-corrected chi connectivity index (χ2v) is 4.84. The van der Waals surface area contributed by atoms with Crippen molar-refractivity contribution in [3.05, 3.63) is 12.3 Å². The highest BCUT2D eigenvalue weighted by atomic mass is 15.2. The topological polar surface area (TPSA) is 41.1 Å². The maximum absolute atomic E-state index is 4.44. The third-order valence-corrected chi connectivity index (χ3v) is 3.39. The molecule has 0 spiro atoms. The van der Waals surface area contributed by atoms with E-state index in [0.717, 1.165) is 18.3 Å². The van der Waals surface area contributed by atoms with Crippen molar-refractivity contribution in [1.29, 1.82) is 0 Å². The Morgan fingerprint density at radius 2 is 2.19 bits per heavy atom. The minimum absolute atomic E-state index is 0.545. The first kappa shape index (κ1) is 11.2. The first-order valence-electron chi connectivity index (χ1n) is 5.89. The van der Waals surface area contributed by atoms with Crippen LogP contribution in [-0.4, -0.2) is 30.6 Å². The van der Waals surface area contributed by atoms with Gasteiger partial charge in [0.2, 0.25) is 5.95 Å². The van der Waals surface area contributed by atoms with Gasteiger partial charge in [0.1, 0.15) is 5.82 Å². The maximum atomic E-state index is 4.44. The molecule has 0 saturated heterocycles. The van der Waals surface area contributed by atoms with Crippen LogP contribution in [0.25, 0.3) is 0 Å². The Hall–Kier alpha value is -1.32. The van der Waals surface area contributed by atoms with Crippen molar-refractivity contribution in [3.8, 4) is 0 Å². The highest BCUT2D eigenvalue weighted by Gasteiger charge is 2.40. The number of nitrogens with zero attached hydrogens (tertiary/aromatic N) is 3. The van der Waals surface area contributed by atoms with Crippen molar-refractivity contribution < 1.29 is 0 Å². The SMILES string of the molecule is CCC1(CNc2ccnc(N(C)C)n2)CC1. The lowest BCUT2D eigenvalue weighted by Gasteiger charge is -2.15. The van der Waals surface area contributed by atoms with Crippen molar-refractivity contribution in [1.82, 2.24) is 9.97 Å². The first-order chi connectivity index (χ1) is 7.65. The van der Waals surface area contributed by atoms with E-state index in [0.29, 0.717) is 5.41 Å². The average Bonchev–Trinajstić information content (AvgIpc) is 3.07. The Morgan fingerprint density at radius 3 is 2.75 bits per heavy atom. The first-order valence-corrected chi connectivity index (χ1v) is 5.89. The van der Waals surface area contributed by atoms with Gasteiger partial charge in [-0.1, -0.05) is 6.92 Å². The number of hydrogen-bond acceptors (Lipinski definition) is 4. The molecule has 2 rings (SSSR count). The molecule has 1 aliphatic carbocycles. The van der Waals surface area contributed by atoms with E-state index in [1.54, 1.807) is 6.20 Å². The molecule has 16 heavy (non-hydrogen) atoms. The zero-order valence-corrected chi connectivity index (χ0v) is 10.3. The number of hydrogen-bond donors (Lipinski definition) is 1. The molecule has 0 atom stereocenters. The summed E-state index contributed by atoms with van der Waals surface area (Å²) < 4.78 is 0. The quantitative estimate of drug-likeness (QED) is 0.825. The third kappa shape index (κ3) is 2.43. The largest absolute Gasteiger partial charge is 0.369 e. The van der Waals surface area contributed by atoms with Crippen LogP contribution in [0.2, 0.25) is 0 Å². The number of aromatic nitrogens is 2. The van der Waals surface area contributed by atoms with Crippen molar-refractivity contribution >= 4 is 11.8 Å². The van der Waals surface area contributed by atoms with E-state index >= 15 is 0 Å². The highest BCUT2D eigenvalue weighted by molar-refractivity contribution is 5.40. The van der Waals surface area contributed by atoms with E-state index in [-0.39, 0.29) is 0 Å². The monoisotopic (exact) mass is 220 g/mol. The molecule has 1 N–H and O–H groups in total. The predicted octanol–water partition coefficient (Wildman–Crippen LogP) is 2.14. The highest BCUT2D eigenvalue weighted by Crippen LogP contribution is 2.48. The normalized spacial score (nSPS) is 16.9. The summed E-state index contributed by atoms with van der Waals surface area (Å²) in [6.45, 7) is 3.30. The van der Waals surface area contributed by atoms with Gasteiger partial charge in [0.25, 0.3) is 0 Å². The van der Waals surface area contributed by atoms with Gasteiger partial charge in [-0.2, -0.15) is 4.98 Å². The minimum Gasteiger partial charge on any atom is -0.369 e. The Kier molecular flexibility index (Phi) is 2.99. The summed E-state index contributed by atoms with van der Waals surface area (Å²) in [7, 11) is 3.90. The molecule has 1 saturated carbocycles. The van der Waals surface area contributed by atoms with E-state index < -0.39 is 0 Å². The van der Waals surface area contributed by atoms with Crippen molar-refractivity contribution in [2.24, 2.45) is 5.41 Å². The van der Waals surface area contributed by atoms with Crippen LogP contribution in [0.3, 0.4) is 0 Å². The van der Waals surface area contributed by atoms with E-state index in [4.69, 9.17) is 0 Å². The molecule has 0 unspecified atom stereocenters. The zero-order valence-electron chi connectivity index (χ0n) is 10.3. The van der Waals surface area contributed by atoms with Gasteiger partial charge in [-0.15, -0.1) is 0 Å². The average molecular weight is 220 g/mol. The van der Waals surface area contributed by atoms with Crippen LogP contribution in [-0.2, 0) is 0 Å². The number of anilines is 2. The van der Waals surface area contributed by atoms with Gasteiger partial charge in [-0.05, 0) is 30.7 Å². The fourth-order valence-electron chi connectivity index (χ4n) is 1.77. The van der Waals surface area contributed by atoms with Crippen LogP contribution in [0.15, 0.2) is 12.3 Å². The smallest absolute Gasteiger partial charge is 0.226 e. The molecule has 0 aromatic carbocycles. The molecule has 4 nitrogen and oxygen atoms in total. The van der Waals surface area contributed by atoms with Crippen LogP contribution in [0, 0.1) is 5.41 Å². The van der Waals surface area contributed by atoms with E-state index in [2.05, 4.69) is 22.2 Å². The maximum Gasteiger partial charge on any atom is 0.226 e. The molecule has 1 aromatic rings. The lowest BCUT2D eigenvalue weighted by Crippen LogP contribution is -2.17. The molecule has 88 valence electrons. The molecular weight excluding hydrogens is 200 g/mol. The van der Waals surface area contributed by atoms with Gasteiger partial charge in [-0.3, -0.25) is 0 Å². The van der Waals surface area contributed by atoms with Gasteiger partial charge < -0.3 is 10.2 Å². The molecule has 0 aliphatic heterocycles. The van der Waals surface area contributed by atoms with E-state index in [1.807, 2.05) is 25.1 Å². The Bertz CT molecular complexity index is 358. The standard InChI is InChI=1S/C12H20N4/c1-4-12(6-7-12)9-14-10-5-8-13-11(15-10)16(2)3/h5,8H,4,6-7,9H2,1-3H3,(H,13,14,15). The molecule has 1 heterocycles. The van der Waals surface area contributed by atoms with Crippen molar-refractivity contribution in [2.45, 2.75) is 26.2 Å². The van der Waals surface area contributed by atoms with Gasteiger partial charge in [0, 0.05) is 26.8 Å². The van der Waals surface area contributed by atoms with Crippen LogP contribution < -0.4 is 10.2 Å². The third-order valence-electron chi connectivity index (χ3n) is 3.39. The van der Waals surface area contributed by atoms with Crippen LogP contribution in [0.5, 0.6) is 0 Å². The van der Waals surface area contributed by atoms with Crippen LogP contribution >= 0.6 is 0 Å². The van der Waals surface area contributed by atoms with Gasteiger partial charge in [-0.25, -0.2) is 4.98 Å². The van der Waals surface area contributed by atoms with E-state index in [1.165, 1.54) is 19.3 Å². The predicted molar refractivity (Wildman–Crippen MR) is 66.8 cm³/mol. The fraction of sp³-hybridized carbons (Fsp3) is 0.667. The summed E-state index contributed by atoms with van der Waals surface area (Å²) in [5.41, 5.74) is 0.545. The van der Waals surface area contributed by atoms with Gasteiger partial charge in [0.05, 0.1) is 0 Å². The second kappa shape index (κ2) is 4.28. The summed E-state index contributed by atoms with van der Waals surface area (Å²) in [6, 6.07) is 1.93. The molecule has 1 aliphatic rings. The molecule has 0 bridgehead atoms. The molecule has 4 heteroatoms.